The molecule has 0 bridgehead atoms. The second-order valence-electron chi connectivity index (χ2n) is 13.9. The number of oxazole rings is 1. The van der Waals surface area contributed by atoms with E-state index in [9.17, 15) is 28.5 Å². The molecule has 4 aliphatic rings. The Morgan fingerprint density at radius 1 is 0.974 bits per heavy atom. The average molecular weight is 550 g/mol. The lowest BCUT2D eigenvalue weighted by atomic mass is 9.43. The Balaban J connectivity index is 1.21. The number of hydrogen-bond acceptors (Lipinski definition) is 5. The summed E-state index contributed by atoms with van der Waals surface area (Å²) in [5, 5.41) is 33.5. The fourth-order valence-electron chi connectivity index (χ4n) is 9.99. The zero-order valence-electron chi connectivity index (χ0n) is 23.4. The minimum absolute atomic E-state index is 0.0322. The van der Waals surface area contributed by atoms with Crippen LogP contribution in [0.2, 0.25) is 0 Å². The summed E-state index contributed by atoms with van der Waals surface area (Å²) in [7, 11) is 0. The van der Waals surface area contributed by atoms with E-state index in [-0.39, 0.29) is 63.9 Å². The summed E-state index contributed by atoms with van der Waals surface area (Å²) in [6.07, 6.45) is 5.62. The van der Waals surface area contributed by atoms with Gasteiger partial charge < -0.3 is 19.7 Å². The number of aryl methyl sites for hydroxylation is 1. The highest BCUT2D eigenvalue weighted by Crippen LogP contribution is 2.68. The van der Waals surface area contributed by atoms with Crippen LogP contribution in [0.1, 0.15) is 83.6 Å². The molecule has 216 valence electrons. The summed E-state index contributed by atoms with van der Waals surface area (Å²) in [6.45, 7) is 7.86. The summed E-state index contributed by atoms with van der Waals surface area (Å²) in [5.74, 6) is -1.86. The molecule has 0 spiro atoms. The van der Waals surface area contributed by atoms with E-state index in [4.69, 9.17) is 4.42 Å². The second-order valence-corrected chi connectivity index (χ2v) is 13.9. The van der Waals surface area contributed by atoms with Crippen LogP contribution in [0.15, 0.2) is 4.42 Å². The Labute approximate surface area is 228 Å². The predicted molar refractivity (Wildman–Crippen MR) is 140 cm³/mol. The van der Waals surface area contributed by atoms with Crippen LogP contribution < -0.4 is 0 Å². The highest BCUT2D eigenvalue weighted by molar-refractivity contribution is 5.75. The van der Waals surface area contributed by atoms with E-state index < -0.39 is 40.7 Å². The molecular weight excluding hydrogens is 507 g/mol. The largest absolute Gasteiger partial charge is 0.437 e. The summed E-state index contributed by atoms with van der Waals surface area (Å²) >= 11 is 0. The number of benzene rings is 1. The van der Waals surface area contributed by atoms with Gasteiger partial charge in [-0.3, -0.25) is 0 Å². The Morgan fingerprint density at radius 3 is 2.46 bits per heavy atom. The number of hydrogen-bond donors (Lipinski definition) is 3. The molecule has 1 aromatic carbocycles. The van der Waals surface area contributed by atoms with Crippen LogP contribution in [-0.4, -0.2) is 38.6 Å². The van der Waals surface area contributed by atoms with Crippen molar-refractivity contribution in [3.8, 4) is 0 Å². The van der Waals surface area contributed by atoms with Crippen LogP contribution in [0.3, 0.4) is 0 Å². The molecule has 6 rings (SSSR count). The van der Waals surface area contributed by atoms with E-state index in [1.165, 1.54) is 6.92 Å². The molecule has 1 unspecified atom stereocenters. The summed E-state index contributed by atoms with van der Waals surface area (Å²) in [6, 6.07) is 0. The molecule has 0 aliphatic heterocycles. The zero-order chi connectivity index (χ0) is 28.0. The third-order valence-corrected chi connectivity index (χ3v) is 12.3. The van der Waals surface area contributed by atoms with Crippen molar-refractivity contribution in [2.45, 2.75) is 104 Å². The van der Waals surface area contributed by atoms with Gasteiger partial charge in [-0.2, -0.15) is 0 Å². The Morgan fingerprint density at radius 2 is 1.72 bits per heavy atom. The molecular formula is C31H42F3NO4. The van der Waals surface area contributed by atoms with Crippen molar-refractivity contribution in [1.82, 2.24) is 4.98 Å². The van der Waals surface area contributed by atoms with Gasteiger partial charge in [0.2, 0.25) is 0 Å². The third kappa shape index (κ3) is 3.94. The first-order valence-corrected chi connectivity index (χ1v) is 14.8. The quantitative estimate of drug-likeness (QED) is 0.402. The van der Waals surface area contributed by atoms with Crippen molar-refractivity contribution >= 4 is 11.1 Å². The van der Waals surface area contributed by atoms with Crippen LogP contribution in [0.5, 0.6) is 0 Å². The van der Waals surface area contributed by atoms with Crippen LogP contribution in [-0.2, 0) is 6.42 Å². The molecule has 8 heteroatoms. The number of rotatable bonds is 4. The smallest absolute Gasteiger partial charge is 0.195 e. The van der Waals surface area contributed by atoms with Gasteiger partial charge in [-0.1, -0.05) is 20.8 Å². The average Bonchev–Trinajstić information content (AvgIpc) is 3.49. The number of aliphatic hydroxyl groups is 3. The normalized spacial score (nSPS) is 42.7. The van der Waals surface area contributed by atoms with E-state index in [2.05, 4.69) is 25.8 Å². The van der Waals surface area contributed by atoms with E-state index >= 15 is 0 Å². The van der Waals surface area contributed by atoms with Gasteiger partial charge >= 0.3 is 0 Å². The standard InChI is InChI=1S/C31H42F3NO4/c1-14(5-8-23-35-28-27(34)25(32)15(2)26(33)29(28)39-23)18-6-7-19-24-20(13-22(38)31(18,19)4)30(3)10-9-17(36)11-16(30)12-21(24)37/h14,16-22,24,36-38H,5-13H2,1-4H3/t14?,16-,17+,18+,19-,20-,21+,22-,24-,30-,31+/m0/s1. The van der Waals surface area contributed by atoms with E-state index in [0.717, 1.165) is 38.5 Å². The molecule has 4 saturated carbocycles. The molecule has 0 radical (unpaired) electrons. The van der Waals surface area contributed by atoms with Crippen molar-refractivity contribution < 1.29 is 32.9 Å². The number of fused-ring (bicyclic) bond motifs is 6. The van der Waals surface area contributed by atoms with Crippen LogP contribution in [0, 0.1) is 70.7 Å². The maximum Gasteiger partial charge on any atom is 0.195 e. The SMILES string of the molecule is Cc1c(F)c(F)c2nc(CCC(C)[C@H]3CC[C@H]4[C@@H]5[C@H](O)C[C@@H]6C[C@H](O)CC[C@]6(C)[C@H]5C[C@H](O)[C@]34C)oc2c1F. The van der Waals surface area contributed by atoms with Gasteiger partial charge in [-0.15, -0.1) is 0 Å². The van der Waals surface area contributed by atoms with Crippen molar-refractivity contribution in [3.05, 3.63) is 28.9 Å². The molecule has 4 fully saturated rings. The Kier molecular flexibility index (Phi) is 6.67. The summed E-state index contributed by atoms with van der Waals surface area (Å²) in [4.78, 5) is 4.08. The van der Waals surface area contributed by atoms with Crippen LogP contribution >= 0.6 is 0 Å². The minimum atomic E-state index is -1.24. The van der Waals surface area contributed by atoms with Gasteiger partial charge in [0, 0.05) is 12.0 Å². The van der Waals surface area contributed by atoms with E-state index in [1.54, 1.807) is 0 Å². The lowest BCUT2D eigenvalue weighted by Gasteiger charge is -2.63. The molecule has 3 N–H and O–H groups in total. The van der Waals surface area contributed by atoms with Crippen molar-refractivity contribution in [2.75, 3.05) is 0 Å². The number of aliphatic hydroxyl groups excluding tert-OH is 3. The lowest BCUT2D eigenvalue weighted by Crippen LogP contribution is -2.62. The highest BCUT2D eigenvalue weighted by atomic mass is 19.2. The summed E-state index contributed by atoms with van der Waals surface area (Å²) < 4.78 is 48.4. The molecule has 0 amide bonds. The van der Waals surface area contributed by atoms with Gasteiger partial charge in [0.05, 0.1) is 18.3 Å². The number of aromatic nitrogens is 1. The second kappa shape index (κ2) is 9.45. The first-order valence-electron chi connectivity index (χ1n) is 14.8. The maximum absolute atomic E-state index is 14.5. The van der Waals surface area contributed by atoms with Crippen molar-refractivity contribution in [1.29, 1.82) is 0 Å². The maximum atomic E-state index is 14.5. The van der Waals surface area contributed by atoms with Crippen molar-refractivity contribution in [2.24, 2.45) is 46.3 Å². The molecule has 0 saturated heterocycles. The van der Waals surface area contributed by atoms with Gasteiger partial charge in [-0.25, -0.2) is 18.2 Å². The Hall–Kier alpha value is -1.64. The topological polar surface area (TPSA) is 86.7 Å². The lowest BCUT2D eigenvalue weighted by molar-refractivity contribution is -0.207. The Bertz CT molecular complexity index is 1220. The first kappa shape index (κ1) is 27.5. The monoisotopic (exact) mass is 549 g/mol. The van der Waals surface area contributed by atoms with E-state index in [1.807, 2.05) is 0 Å². The molecule has 1 aromatic heterocycles. The minimum Gasteiger partial charge on any atom is -0.437 e. The highest BCUT2D eigenvalue weighted by Gasteiger charge is 2.65. The molecule has 1 heterocycles. The van der Waals surface area contributed by atoms with Crippen LogP contribution in [0.25, 0.3) is 11.1 Å². The summed E-state index contributed by atoms with van der Waals surface area (Å²) in [5.41, 5.74) is -1.47. The van der Waals surface area contributed by atoms with Gasteiger partial charge in [0.25, 0.3) is 0 Å². The molecule has 39 heavy (non-hydrogen) atoms. The fraction of sp³-hybridized carbons (Fsp3) is 0.774. The number of nitrogens with zero attached hydrogens (tertiary/aromatic N) is 1. The molecule has 11 atom stereocenters. The molecule has 4 aliphatic carbocycles. The predicted octanol–water partition coefficient (Wildman–Crippen LogP) is 6.08. The zero-order valence-corrected chi connectivity index (χ0v) is 23.4. The van der Waals surface area contributed by atoms with Crippen LogP contribution in [0.4, 0.5) is 13.2 Å². The van der Waals surface area contributed by atoms with Gasteiger partial charge in [0.15, 0.2) is 34.4 Å². The third-order valence-electron chi connectivity index (χ3n) is 12.3. The number of halogens is 3. The molecule has 5 nitrogen and oxygen atoms in total. The van der Waals surface area contributed by atoms with Gasteiger partial charge in [0.1, 0.15) is 0 Å². The van der Waals surface area contributed by atoms with E-state index in [0.29, 0.717) is 19.3 Å². The van der Waals surface area contributed by atoms with Crippen molar-refractivity contribution in [3.63, 3.8) is 0 Å². The van der Waals surface area contributed by atoms with Gasteiger partial charge in [-0.05, 0) is 105 Å². The first-order chi connectivity index (χ1) is 18.4. The fourth-order valence-corrected chi connectivity index (χ4v) is 9.99. The molecule has 2 aromatic rings.